The summed E-state index contributed by atoms with van der Waals surface area (Å²) in [6.45, 7) is 10.2. The van der Waals surface area contributed by atoms with Crippen LogP contribution in [0.1, 0.15) is 40.5 Å². The van der Waals surface area contributed by atoms with Crippen LogP contribution in [0.25, 0.3) is 0 Å². The van der Waals surface area contributed by atoms with Gasteiger partial charge < -0.3 is 5.32 Å². The molecule has 3 atom stereocenters. The van der Waals surface area contributed by atoms with Gasteiger partial charge in [0.1, 0.15) is 0 Å². The van der Waals surface area contributed by atoms with E-state index in [1.165, 1.54) is 6.42 Å². The number of hydrogen-bond acceptors (Lipinski definition) is 1. The Morgan fingerprint density at radius 3 is 2.54 bits per heavy atom. The van der Waals surface area contributed by atoms with E-state index in [9.17, 15) is 0 Å². The van der Waals surface area contributed by atoms with E-state index in [2.05, 4.69) is 33.0 Å². The molecule has 0 amide bonds. The van der Waals surface area contributed by atoms with Gasteiger partial charge in [-0.15, -0.1) is 11.6 Å². The summed E-state index contributed by atoms with van der Waals surface area (Å²) in [7, 11) is 0. The van der Waals surface area contributed by atoms with Crippen LogP contribution in [-0.2, 0) is 0 Å². The molecule has 2 heteroatoms. The van der Waals surface area contributed by atoms with Gasteiger partial charge in [-0.25, -0.2) is 0 Å². The molecule has 78 valence electrons. The van der Waals surface area contributed by atoms with Crippen LogP contribution in [0, 0.1) is 11.3 Å². The average Bonchev–Trinajstić information content (AvgIpc) is 2.11. The predicted molar refractivity (Wildman–Crippen MR) is 59.3 cm³/mol. The number of halogens is 1. The van der Waals surface area contributed by atoms with Crippen molar-refractivity contribution in [1.82, 2.24) is 5.32 Å². The Kier molecular flexibility index (Phi) is 3.64. The van der Waals surface area contributed by atoms with Gasteiger partial charge >= 0.3 is 0 Å². The summed E-state index contributed by atoms with van der Waals surface area (Å²) >= 11 is 6.14. The molecule has 1 aliphatic rings. The zero-order valence-corrected chi connectivity index (χ0v) is 9.99. The summed E-state index contributed by atoms with van der Waals surface area (Å²) in [5, 5.41) is 3.97. The molecule has 0 saturated heterocycles. The van der Waals surface area contributed by atoms with Gasteiger partial charge in [-0.1, -0.05) is 34.1 Å². The normalized spacial score (nSPS) is 33.9. The molecular weight excluding hydrogens is 182 g/mol. The summed E-state index contributed by atoms with van der Waals surface area (Å²) in [6.07, 6.45) is 2.38. The van der Waals surface area contributed by atoms with E-state index in [0.29, 0.717) is 11.4 Å². The number of alkyl halides is 1. The molecule has 13 heavy (non-hydrogen) atoms. The summed E-state index contributed by atoms with van der Waals surface area (Å²) < 4.78 is 0. The first kappa shape index (κ1) is 11.3. The van der Waals surface area contributed by atoms with E-state index in [1.807, 2.05) is 0 Å². The maximum Gasteiger partial charge on any atom is 0.0416 e. The molecule has 1 fully saturated rings. The van der Waals surface area contributed by atoms with Gasteiger partial charge in [0.15, 0.2) is 0 Å². The third kappa shape index (κ3) is 2.38. The number of rotatable bonds is 4. The third-order valence-electron chi connectivity index (χ3n) is 3.56. The van der Waals surface area contributed by atoms with Crippen molar-refractivity contribution >= 4 is 11.6 Å². The van der Waals surface area contributed by atoms with Crippen molar-refractivity contribution in [3.8, 4) is 0 Å². The van der Waals surface area contributed by atoms with Crippen molar-refractivity contribution in [2.24, 2.45) is 11.3 Å². The molecule has 0 aromatic carbocycles. The van der Waals surface area contributed by atoms with Crippen molar-refractivity contribution in [3.05, 3.63) is 0 Å². The van der Waals surface area contributed by atoms with Crippen molar-refractivity contribution < 1.29 is 0 Å². The van der Waals surface area contributed by atoms with Crippen LogP contribution in [0.15, 0.2) is 0 Å². The van der Waals surface area contributed by atoms with Gasteiger partial charge in [0.05, 0.1) is 0 Å². The Morgan fingerprint density at radius 1 is 1.54 bits per heavy atom. The molecule has 3 unspecified atom stereocenters. The lowest BCUT2D eigenvalue weighted by atomic mass is 9.66. The van der Waals surface area contributed by atoms with Gasteiger partial charge in [0.2, 0.25) is 0 Å². The molecular formula is C11H22ClN. The molecule has 0 spiro atoms. The first-order valence-electron chi connectivity index (χ1n) is 5.36. The van der Waals surface area contributed by atoms with Crippen LogP contribution in [-0.4, -0.2) is 18.0 Å². The SMILES string of the molecule is CCC(C)CNC1CC(Cl)C1(C)C. The maximum absolute atomic E-state index is 6.14. The topological polar surface area (TPSA) is 12.0 Å². The highest BCUT2D eigenvalue weighted by molar-refractivity contribution is 6.21. The molecule has 1 aliphatic carbocycles. The first-order chi connectivity index (χ1) is 5.98. The predicted octanol–water partition coefficient (Wildman–Crippen LogP) is 3.03. The van der Waals surface area contributed by atoms with Crippen LogP contribution < -0.4 is 5.32 Å². The molecule has 0 aliphatic heterocycles. The van der Waals surface area contributed by atoms with Gasteiger partial charge in [-0.3, -0.25) is 0 Å². The molecule has 1 nitrogen and oxygen atoms in total. The van der Waals surface area contributed by atoms with E-state index in [0.717, 1.165) is 18.9 Å². The molecule has 0 heterocycles. The van der Waals surface area contributed by atoms with E-state index < -0.39 is 0 Å². The smallest absolute Gasteiger partial charge is 0.0416 e. The minimum absolute atomic E-state index is 0.287. The number of nitrogens with one attached hydrogen (secondary N) is 1. The Hall–Kier alpha value is 0.250. The molecule has 1 rings (SSSR count). The molecule has 0 radical (unpaired) electrons. The standard InChI is InChI=1S/C11H22ClN/c1-5-8(2)7-13-10-6-9(12)11(10,3)4/h8-10,13H,5-7H2,1-4H3. The van der Waals surface area contributed by atoms with E-state index in [-0.39, 0.29) is 5.41 Å². The second-order valence-electron chi connectivity index (χ2n) is 5.00. The van der Waals surface area contributed by atoms with Crippen LogP contribution in [0.3, 0.4) is 0 Å². The highest BCUT2D eigenvalue weighted by atomic mass is 35.5. The quantitative estimate of drug-likeness (QED) is 0.693. The Labute approximate surface area is 87.2 Å². The van der Waals surface area contributed by atoms with E-state index in [4.69, 9.17) is 11.6 Å². The largest absolute Gasteiger partial charge is 0.313 e. The summed E-state index contributed by atoms with van der Waals surface area (Å²) in [5.74, 6) is 0.783. The summed E-state index contributed by atoms with van der Waals surface area (Å²) in [6, 6.07) is 0.629. The molecule has 1 saturated carbocycles. The fourth-order valence-corrected chi connectivity index (χ4v) is 2.04. The Morgan fingerprint density at radius 2 is 2.15 bits per heavy atom. The molecule has 0 bridgehead atoms. The first-order valence-corrected chi connectivity index (χ1v) is 5.79. The van der Waals surface area contributed by atoms with Crippen LogP contribution in [0.5, 0.6) is 0 Å². The Balaban J connectivity index is 2.25. The van der Waals surface area contributed by atoms with Crippen molar-refractivity contribution in [2.45, 2.75) is 52.0 Å². The third-order valence-corrected chi connectivity index (χ3v) is 4.30. The van der Waals surface area contributed by atoms with Crippen LogP contribution in [0.2, 0.25) is 0 Å². The van der Waals surface area contributed by atoms with Gasteiger partial charge in [0.25, 0.3) is 0 Å². The molecule has 0 aromatic heterocycles. The monoisotopic (exact) mass is 203 g/mol. The number of hydrogen-bond donors (Lipinski definition) is 1. The average molecular weight is 204 g/mol. The van der Waals surface area contributed by atoms with E-state index >= 15 is 0 Å². The highest BCUT2D eigenvalue weighted by Gasteiger charge is 2.46. The van der Waals surface area contributed by atoms with Gasteiger partial charge in [-0.05, 0) is 24.3 Å². The van der Waals surface area contributed by atoms with Gasteiger partial charge in [0, 0.05) is 11.4 Å². The lowest BCUT2D eigenvalue weighted by molar-refractivity contribution is 0.113. The summed E-state index contributed by atoms with van der Waals surface area (Å²) in [5.41, 5.74) is 0.287. The highest BCUT2D eigenvalue weighted by Crippen LogP contribution is 2.44. The van der Waals surface area contributed by atoms with E-state index in [1.54, 1.807) is 0 Å². The van der Waals surface area contributed by atoms with Crippen LogP contribution >= 0.6 is 11.6 Å². The lowest BCUT2D eigenvalue weighted by Gasteiger charge is -2.49. The molecule has 1 N–H and O–H groups in total. The van der Waals surface area contributed by atoms with Crippen molar-refractivity contribution in [2.75, 3.05) is 6.54 Å². The minimum atomic E-state index is 0.287. The molecule has 0 aromatic rings. The lowest BCUT2D eigenvalue weighted by Crippen LogP contribution is -2.58. The zero-order valence-electron chi connectivity index (χ0n) is 9.23. The van der Waals surface area contributed by atoms with Crippen molar-refractivity contribution in [3.63, 3.8) is 0 Å². The van der Waals surface area contributed by atoms with Gasteiger partial charge in [-0.2, -0.15) is 0 Å². The maximum atomic E-state index is 6.14. The fourth-order valence-electron chi connectivity index (χ4n) is 1.71. The summed E-state index contributed by atoms with van der Waals surface area (Å²) in [4.78, 5) is 0. The minimum Gasteiger partial charge on any atom is -0.313 e. The second-order valence-corrected chi connectivity index (χ2v) is 5.53. The van der Waals surface area contributed by atoms with Crippen molar-refractivity contribution in [1.29, 1.82) is 0 Å². The van der Waals surface area contributed by atoms with Crippen LogP contribution in [0.4, 0.5) is 0 Å². The fraction of sp³-hybridized carbons (Fsp3) is 1.00. The Bertz CT molecular complexity index is 167. The zero-order chi connectivity index (χ0) is 10.1. The second kappa shape index (κ2) is 4.18.